The lowest BCUT2D eigenvalue weighted by molar-refractivity contribution is 0.251. The Bertz CT molecular complexity index is 1480. The van der Waals surface area contributed by atoms with Crippen LogP contribution >= 0.6 is 23.1 Å². The van der Waals surface area contributed by atoms with Gasteiger partial charge >= 0.3 is 6.03 Å². The second-order valence-corrected chi connectivity index (χ2v) is 9.22. The number of urea groups is 1. The summed E-state index contributed by atoms with van der Waals surface area (Å²) in [6.07, 6.45) is 1.88. The topological polar surface area (TPSA) is 79.3 Å². The Balaban J connectivity index is 1.24. The Morgan fingerprint density at radius 1 is 1.00 bits per heavy atom. The molecule has 5 aromatic rings. The normalized spacial score (nSPS) is 12.4. The molecule has 0 unspecified atom stereocenters. The van der Waals surface area contributed by atoms with E-state index in [-0.39, 0.29) is 6.03 Å². The maximum Gasteiger partial charge on any atom is 0.319 e. The van der Waals surface area contributed by atoms with Gasteiger partial charge in [0.15, 0.2) is 0 Å². The van der Waals surface area contributed by atoms with Crippen LogP contribution in [0.3, 0.4) is 0 Å². The van der Waals surface area contributed by atoms with E-state index < -0.39 is 0 Å². The Hall–Kier alpha value is -3.62. The van der Waals surface area contributed by atoms with E-state index in [2.05, 4.69) is 54.7 Å². The molecule has 0 aliphatic carbocycles. The molecule has 6 nitrogen and oxygen atoms in total. The molecule has 3 aromatic carbocycles. The zero-order valence-corrected chi connectivity index (χ0v) is 18.5. The number of carbonyl (C=O) groups excluding carboxylic acids is 1. The van der Waals surface area contributed by atoms with E-state index in [4.69, 9.17) is 0 Å². The molecule has 8 heteroatoms. The summed E-state index contributed by atoms with van der Waals surface area (Å²) in [7, 11) is 0. The number of nitrogens with one attached hydrogen (secondary N) is 2. The summed E-state index contributed by atoms with van der Waals surface area (Å²) in [5.74, 6) is 0. The summed E-state index contributed by atoms with van der Waals surface area (Å²) in [6.45, 7) is 1.08. The highest BCUT2D eigenvalue weighted by Gasteiger charge is 2.17. The molecule has 156 valence electrons. The van der Waals surface area contributed by atoms with Crippen LogP contribution in [0, 0.1) is 0 Å². The van der Waals surface area contributed by atoms with Gasteiger partial charge in [-0.3, -0.25) is 4.99 Å². The molecule has 1 aliphatic rings. The van der Waals surface area contributed by atoms with E-state index in [1.54, 1.807) is 11.3 Å². The highest BCUT2D eigenvalue weighted by molar-refractivity contribution is 7.22. The minimum atomic E-state index is -0.251. The first-order valence-corrected chi connectivity index (χ1v) is 11.7. The molecule has 0 radical (unpaired) electrons. The van der Waals surface area contributed by atoms with Gasteiger partial charge < -0.3 is 10.6 Å². The molecule has 0 saturated heterocycles. The number of aromatic nitrogens is 2. The van der Waals surface area contributed by atoms with Crippen LogP contribution in [0.1, 0.15) is 16.7 Å². The number of aliphatic imine (C=N–C) groups is 1. The molecule has 1 aliphatic heterocycles. The third-order valence-electron chi connectivity index (χ3n) is 5.48. The van der Waals surface area contributed by atoms with Crippen molar-refractivity contribution >= 4 is 62.1 Å². The number of fused-ring (bicyclic) bond motifs is 3. The van der Waals surface area contributed by atoms with Gasteiger partial charge in [0.1, 0.15) is 11.0 Å². The minimum Gasteiger partial charge on any atom is -0.334 e. The van der Waals surface area contributed by atoms with Gasteiger partial charge in [-0.25, -0.2) is 4.79 Å². The standard InChI is InChI=1S/C24H17N5OS2/c30-24(26-11-14-5-6-20-21(7-14)29-32-28-20)27-17-8-16-12-25-13-19(16)18(10-17)23-9-15-3-1-2-4-22(15)31-23/h1-10,12H,11,13H2,(H2,26,27,30). The molecule has 2 aromatic heterocycles. The van der Waals surface area contributed by atoms with Crippen molar-refractivity contribution in [1.82, 2.24) is 14.1 Å². The predicted molar refractivity (Wildman–Crippen MR) is 132 cm³/mol. The van der Waals surface area contributed by atoms with Crippen LogP contribution in [0.2, 0.25) is 0 Å². The number of anilines is 1. The largest absolute Gasteiger partial charge is 0.334 e. The van der Waals surface area contributed by atoms with Crippen LogP contribution in [0.5, 0.6) is 0 Å². The second kappa shape index (κ2) is 7.81. The molecule has 0 saturated carbocycles. The highest BCUT2D eigenvalue weighted by Crippen LogP contribution is 2.39. The first-order chi connectivity index (χ1) is 15.7. The van der Waals surface area contributed by atoms with Crippen LogP contribution in [0.15, 0.2) is 65.7 Å². The number of nitrogens with zero attached hydrogens (tertiary/aromatic N) is 3. The van der Waals surface area contributed by atoms with Gasteiger partial charge in [-0.1, -0.05) is 24.3 Å². The Labute approximate surface area is 192 Å². The number of benzene rings is 3. The van der Waals surface area contributed by atoms with Gasteiger partial charge in [0.25, 0.3) is 0 Å². The van der Waals surface area contributed by atoms with Crippen LogP contribution in [0.4, 0.5) is 10.5 Å². The lowest BCUT2D eigenvalue weighted by Crippen LogP contribution is -2.28. The lowest BCUT2D eigenvalue weighted by Gasteiger charge is -2.12. The van der Waals surface area contributed by atoms with Crippen molar-refractivity contribution in [2.24, 2.45) is 4.99 Å². The first-order valence-electron chi connectivity index (χ1n) is 10.1. The molecule has 32 heavy (non-hydrogen) atoms. The molecule has 2 amide bonds. The van der Waals surface area contributed by atoms with E-state index in [1.165, 1.54) is 32.3 Å². The number of rotatable bonds is 4. The van der Waals surface area contributed by atoms with E-state index >= 15 is 0 Å². The number of hydrogen-bond donors (Lipinski definition) is 2. The summed E-state index contributed by atoms with van der Waals surface area (Å²) >= 11 is 2.95. The van der Waals surface area contributed by atoms with Crippen molar-refractivity contribution < 1.29 is 4.79 Å². The maximum atomic E-state index is 12.6. The fourth-order valence-corrected chi connectivity index (χ4v) is 5.55. The molecule has 6 rings (SSSR count). The molecule has 3 heterocycles. The Kier molecular flexibility index (Phi) is 4.66. The van der Waals surface area contributed by atoms with Gasteiger partial charge in [-0.05, 0) is 58.5 Å². The van der Waals surface area contributed by atoms with Gasteiger partial charge in [0.2, 0.25) is 0 Å². The fraction of sp³-hybridized carbons (Fsp3) is 0.0833. The fourth-order valence-electron chi connectivity index (χ4n) is 3.92. The zero-order chi connectivity index (χ0) is 21.5. The summed E-state index contributed by atoms with van der Waals surface area (Å²) < 4.78 is 9.71. The molecule has 0 fully saturated rings. The van der Waals surface area contributed by atoms with Gasteiger partial charge in [0, 0.05) is 33.6 Å². The van der Waals surface area contributed by atoms with E-state index in [9.17, 15) is 4.79 Å². The van der Waals surface area contributed by atoms with Crippen molar-refractivity contribution in [3.63, 3.8) is 0 Å². The Morgan fingerprint density at radius 3 is 2.84 bits per heavy atom. The van der Waals surface area contributed by atoms with Gasteiger partial charge in [0.05, 0.1) is 18.3 Å². The third kappa shape index (κ3) is 3.53. The number of hydrogen-bond acceptors (Lipinski definition) is 6. The number of thiophene rings is 1. The quantitative estimate of drug-likeness (QED) is 0.358. The van der Waals surface area contributed by atoms with Gasteiger partial charge in [-0.2, -0.15) is 8.75 Å². The number of amides is 2. The smallest absolute Gasteiger partial charge is 0.319 e. The first kappa shape index (κ1) is 19.1. The van der Waals surface area contributed by atoms with E-state index in [1.807, 2.05) is 36.5 Å². The molecule has 2 N–H and O–H groups in total. The molecular weight excluding hydrogens is 438 g/mol. The second-order valence-electron chi connectivity index (χ2n) is 7.60. The van der Waals surface area contributed by atoms with Crippen molar-refractivity contribution in [2.75, 3.05) is 5.32 Å². The highest BCUT2D eigenvalue weighted by atomic mass is 32.1. The predicted octanol–water partition coefficient (Wildman–Crippen LogP) is 5.83. The van der Waals surface area contributed by atoms with E-state index in [0.29, 0.717) is 13.1 Å². The number of carbonyl (C=O) groups is 1. The summed E-state index contributed by atoms with van der Waals surface area (Å²) in [6, 6.07) is 20.2. The monoisotopic (exact) mass is 455 g/mol. The maximum absolute atomic E-state index is 12.6. The van der Waals surface area contributed by atoms with Crippen molar-refractivity contribution in [3.8, 4) is 10.4 Å². The van der Waals surface area contributed by atoms with Crippen molar-refractivity contribution in [1.29, 1.82) is 0 Å². The zero-order valence-electron chi connectivity index (χ0n) is 16.8. The lowest BCUT2D eigenvalue weighted by atomic mass is 10.0. The summed E-state index contributed by atoms with van der Waals surface area (Å²) in [5.41, 5.74) is 6.83. The van der Waals surface area contributed by atoms with Crippen LogP contribution < -0.4 is 10.6 Å². The summed E-state index contributed by atoms with van der Waals surface area (Å²) in [5, 5.41) is 7.14. The van der Waals surface area contributed by atoms with E-state index in [0.717, 1.165) is 33.4 Å². The Morgan fingerprint density at radius 2 is 1.91 bits per heavy atom. The van der Waals surface area contributed by atoms with Crippen molar-refractivity contribution in [2.45, 2.75) is 13.1 Å². The van der Waals surface area contributed by atoms with Crippen molar-refractivity contribution in [3.05, 3.63) is 77.4 Å². The molecular formula is C24H17N5OS2. The molecule has 0 spiro atoms. The average Bonchev–Trinajstić information content (AvgIpc) is 3.55. The van der Waals surface area contributed by atoms with Crippen LogP contribution in [-0.2, 0) is 13.1 Å². The summed E-state index contributed by atoms with van der Waals surface area (Å²) in [4.78, 5) is 18.2. The van der Waals surface area contributed by atoms with Crippen LogP contribution in [-0.4, -0.2) is 21.0 Å². The molecule has 0 bridgehead atoms. The molecule has 0 atom stereocenters. The van der Waals surface area contributed by atoms with Gasteiger partial charge in [-0.15, -0.1) is 11.3 Å². The minimum absolute atomic E-state index is 0.251. The van der Waals surface area contributed by atoms with Crippen LogP contribution in [0.25, 0.3) is 31.6 Å². The third-order valence-corrected chi connectivity index (χ3v) is 7.19. The SMILES string of the molecule is O=C(NCc1ccc2nsnc2c1)Nc1cc2c(c(-c3cc4ccccc4s3)c1)CN=C2. The average molecular weight is 456 g/mol.